The van der Waals surface area contributed by atoms with Gasteiger partial charge in [-0.1, -0.05) is 25.0 Å². The number of carbonyl (C=O) groups is 3. The third-order valence-electron chi connectivity index (χ3n) is 8.63. The van der Waals surface area contributed by atoms with Crippen molar-refractivity contribution in [2.75, 3.05) is 0 Å². The number of nitrogens with zero attached hydrogens (tertiary/aromatic N) is 1. The Morgan fingerprint density at radius 3 is 2.44 bits per heavy atom. The van der Waals surface area contributed by atoms with Gasteiger partial charge in [-0.05, 0) is 74.5 Å². The molecule has 0 bridgehead atoms. The van der Waals surface area contributed by atoms with E-state index in [9.17, 15) is 27.6 Å². The number of halogens is 3. The van der Waals surface area contributed by atoms with Crippen LogP contribution < -0.4 is 10.6 Å². The summed E-state index contributed by atoms with van der Waals surface area (Å²) in [5, 5.41) is 6.05. The van der Waals surface area contributed by atoms with Crippen LogP contribution in [0.4, 0.5) is 13.2 Å². The molecule has 1 unspecified atom stereocenters. The number of piperidine rings is 1. The topological polar surface area (TPSA) is 78.5 Å². The second-order valence-electron chi connectivity index (χ2n) is 11.0. The van der Waals surface area contributed by atoms with Crippen LogP contribution in [-0.4, -0.2) is 46.9 Å². The third-order valence-corrected chi connectivity index (χ3v) is 8.63. The van der Waals surface area contributed by atoms with Crippen molar-refractivity contribution in [1.82, 2.24) is 15.5 Å². The molecular weight excluding hydrogens is 471 g/mol. The van der Waals surface area contributed by atoms with E-state index in [0.717, 1.165) is 43.2 Å². The summed E-state index contributed by atoms with van der Waals surface area (Å²) in [6.45, 7) is 0.364. The van der Waals surface area contributed by atoms with Gasteiger partial charge >= 0.3 is 6.18 Å². The molecule has 6 nitrogen and oxygen atoms in total. The molecular formula is C27H34F3N3O3. The molecule has 9 heteroatoms. The molecule has 2 saturated carbocycles. The molecule has 1 aromatic rings. The van der Waals surface area contributed by atoms with Crippen molar-refractivity contribution in [2.24, 2.45) is 11.8 Å². The van der Waals surface area contributed by atoms with Gasteiger partial charge < -0.3 is 10.2 Å². The Morgan fingerprint density at radius 1 is 0.972 bits per heavy atom. The fourth-order valence-corrected chi connectivity index (χ4v) is 6.62. The van der Waals surface area contributed by atoms with Gasteiger partial charge in [0.2, 0.25) is 11.8 Å². The molecule has 0 spiro atoms. The molecule has 3 amide bonds. The molecule has 2 aliphatic carbocycles. The molecule has 3 fully saturated rings. The van der Waals surface area contributed by atoms with Crippen LogP contribution in [0.3, 0.4) is 0 Å². The highest BCUT2D eigenvalue weighted by Crippen LogP contribution is 2.38. The number of imide groups is 1. The van der Waals surface area contributed by atoms with E-state index in [0.29, 0.717) is 43.3 Å². The lowest BCUT2D eigenvalue weighted by molar-refractivity contribution is -0.183. The van der Waals surface area contributed by atoms with E-state index < -0.39 is 24.0 Å². The highest BCUT2D eigenvalue weighted by Gasteiger charge is 2.42. The van der Waals surface area contributed by atoms with Gasteiger partial charge in [-0.3, -0.25) is 19.7 Å². The number of fused-ring (bicyclic) bond motifs is 1. The SMILES string of the molecule is O=C1CCC(N2Cc3cc(C[C@H]4CCCC[C@@H]4NC4CCC(C(F)(F)F)CC4)ccc3C2=O)C(=O)N1. The van der Waals surface area contributed by atoms with Crippen LogP contribution in [0.5, 0.6) is 0 Å². The van der Waals surface area contributed by atoms with Crippen LogP contribution in [0.25, 0.3) is 0 Å². The first kappa shape index (κ1) is 25.2. The first-order valence-electron chi connectivity index (χ1n) is 13.3. The molecule has 0 radical (unpaired) electrons. The van der Waals surface area contributed by atoms with Crippen molar-refractivity contribution < 1.29 is 27.6 Å². The molecule has 3 atom stereocenters. The van der Waals surface area contributed by atoms with E-state index in [-0.39, 0.29) is 37.1 Å². The molecule has 1 aromatic carbocycles. The summed E-state index contributed by atoms with van der Waals surface area (Å²) < 4.78 is 39.1. The Hall–Kier alpha value is -2.42. The summed E-state index contributed by atoms with van der Waals surface area (Å²) in [6.07, 6.45) is 3.31. The van der Waals surface area contributed by atoms with E-state index in [2.05, 4.69) is 16.7 Å². The lowest BCUT2D eigenvalue weighted by Crippen LogP contribution is -2.52. The molecule has 36 heavy (non-hydrogen) atoms. The minimum atomic E-state index is -4.08. The smallest absolute Gasteiger partial charge is 0.322 e. The molecule has 2 N–H and O–H groups in total. The van der Waals surface area contributed by atoms with Gasteiger partial charge in [0, 0.05) is 30.6 Å². The summed E-state index contributed by atoms with van der Waals surface area (Å²) >= 11 is 0. The predicted molar refractivity (Wildman–Crippen MR) is 127 cm³/mol. The summed E-state index contributed by atoms with van der Waals surface area (Å²) in [5.41, 5.74) is 2.67. The van der Waals surface area contributed by atoms with Crippen LogP contribution in [0.2, 0.25) is 0 Å². The second-order valence-corrected chi connectivity index (χ2v) is 11.0. The molecule has 196 valence electrons. The maximum absolute atomic E-state index is 13.0. The first-order valence-corrected chi connectivity index (χ1v) is 13.3. The van der Waals surface area contributed by atoms with Gasteiger partial charge in [0.15, 0.2) is 0 Å². The molecule has 2 aliphatic heterocycles. The second kappa shape index (κ2) is 10.1. The number of rotatable bonds is 5. The average Bonchev–Trinajstić information content (AvgIpc) is 3.15. The Balaban J connectivity index is 1.21. The minimum Gasteiger partial charge on any atom is -0.322 e. The first-order chi connectivity index (χ1) is 17.2. The Morgan fingerprint density at radius 2 is 1.72 bits per heavy atom. The zero-order valence-corrected chi connectivity index (χ0v) is 20.4. The van der Waals surface area contributed by atoms with E-state index in [4.69, 9.17) is 0 Å². The lowest BCUT2D eigenvalue weighted by Gasteiger charge is -2.38. The van der Waals surface area contributed by atoms with Gasteiger partial charge in [0.05, 0.1) is 5.92 Å². The van der Waals surface area contributed by atoms with Gasteiger partial charge in [-0.15, -0.1) is 0 Å². The van der Waals surface area contributed by atoms with Crippen molar-refractivity contribution in [3.8, 4) is 0 Å². The number of amides is 3. The van der Waals surface area contributed by atoms with Gasteiger partial charge in [-0.25, -0.2) is 0 Å². The van der Waals surface area contributed by atoms with Crippen LogP contribution in [0.1, 0.15) is 85.7 Å². The highest BCUT2D eigenvalue weighted by molar-refractivity contribution is 6.05. The number of carbonyl (C=O) groups excluding carboxylic acids is 3. The fraction of sp³-hybridized carbons (Fsp3) is 0.667. The number of hydrogen-bond donors (Lipinski definition) is 2. The quantitative estimate of drug-likeness (QED) is 0.587. The van der Waals surface area contributed by atoms with E-state index in [1.165, 1.54) is 0 Å². The van der Waals surface area contributed by atoms with Crippen LogP contribution >= 0.6 is 0 Å². The van der Waals surface area contributed by atoms with E-state index in [1.54, 1.807) is 4.90 Å². The third kappa shape index (κ3) is 5.31. The largest absolute Gasteiger partial charge is 0.391 e. The van der Waals surface area contributed by atoms with Crippen molar-refractivity contribution in [3.05, 3.63) is 34.9 Å². The van der Waals surface area contributed by atoms with Gasteiger partial charge in [0.25, 0.3) is 5.91 Å². The Labute approximate surface area is 209 Å². The van der Waals surface area contributed by atoms with Crippen molar-refractivity contribution >= 4 is 17.7 Å². The highest BCUT2D eigenvalue weighted by atomic mass is 19.4. The maximum atomic E-state index is 13.0. The van der Waals surface area contributed by atoms with E-state index >= 15 is 0 Å². The van der Waals surface area contributed by atoms with Crippen LogP contribution in [-0.2, 0) is 22.6 Å². The van der Waals surface area contributed by atoms with Crippen LogP contribution in [0, 0.1) is 11.8 Å². The summed E-state index contributed by atoms with van der Waals surface area (Å²) in [5.74, 6) is -1.63. The standard InChI is InChI=1S/C27H34F3N3O3/c28-27(29,30)19-6-8-20(9-7-19)31-22-4-2-1-3-17(22)13-16-5-10-21-18(14-16)15-33(26(21)36)23-11-12-24(34)32-25(23)35/h5,10,14,17,19-20,22-23,31H,1-4,6-9,11-13,15H2,(H,32,34,35)/t17-,19?,20?,22+,23?/m1/s1. The molecule has 5 rings (SSSR count). The summed E-state index contributed by atoms with van der Waals surface area (Å²) in [4.78, 5) is 38.3. The monoisotopic (exact) mass is 505 g/mol. The van der Waals surface area contributed by atoms with Crippen LogP contribution in [0.15, 0.2) is 18.2 Å². The minimum absolute atomic E-state index is 0.147. The number of nitrogens with one attached hydrogen (secondary N) is 2. The molecule has 4 aliphatic rings. The summed E-state index contributed by atoms with van der Waals surface area (Å²) in [7, 11) is 0. The molecule has 2 heterocycles. The number of alkyl halides is 3. The normalized spacial score (nSPS) is 31.4. The number of benzene rings is 1. The van der Waals surface area contributed by atoms with Gasteiger partial charge in [0.1, 0.15) is 6.04 Å². The fourth-order valence-electron chi connectivity index (χ4n) is 6.62. The Bertz CT molecular complexity index is 1020. The zero-order chi connectivity index (χ0) is 25.4. The number of hydrogen-bond acceptors (Lipinski definition) is 4. The zero-order valence-electron chi connectivity index (χ0n) is 20.4. The van der Waals surface area contributed by atoms with Crippen molar-refractivity contribution in [2.45, 2.75) is 101 Å². The lowest BCUT2D eigenvalue weighted by atomic mass is 9.78. The predicted octanol–water partition coefficient (Wildman–Crippen LogP) is 4.26. The summed E-state index contributed by atoms with van der Waals surface area (Å²) in [6, 6.07) is 5.73. The van der Waals surface area contributed by atoms with Crippen molar-refractivity contribution in [1.29, 1.82) is 0 Å². The molecule has 0 aromatic heterocycles. The molecule has 1 saturated heterocycles. The Kier molecular flexibility index (Phi) is 7.12. The van der Waals surface area contributed by atoms with Crippen molar-refractivity contribution in [3.63, 3.8) is 0 Å². The average molecular weight is 506 g/mol. The van der Waals surface area contributed by atoms with E-state index in [1.807, 2.05) is 12.1 Å². The van der Waals surface area contributed by atoms with Gasteiger partial charge in [-0.2, -0.15) is 13.2 Å². The maximum Gasteiger partial charge on any atom is 0.391 e.